The topological polar surface area (TPSA) is 62.2 Å². The SMILES string of the molecule is O=C(NCC1(O)CCCCC1)c1cc(Cc2ccccn2)ccc1Cl. The first-order valence-electron chi connectivity index (χ1n) is 8.75. The van der Waals surface area contributed by atoms with Gasteiger partial charge in [-0.2, -0.15) is 0 Å². The number of rotatable bonds is 5. The van der Waals surface area contributed by atoms with Gasteiger partial charge in [-0.3, -0.25) is 9.78 Å². The number of carbonyl (C=O) groups is 1. The van der Waals surface area contributed by atoms with Crippen molar-refractivity contribution in [2.24, 2.45) is 0 Å². The van der Waals surface area contributed by atoms with Gasteiger partial charge >= 0.3 is 0 Å². The Hall–Kier alpha value is -1.91. The Kier molecular flexibility index (Phi) is 5.71. The van der Waals surface area contributed by atoms with E-state index in [4.69, 9.17) is 11.6 Å². The van der Waals surface area contributed by atoms with Crippen molar-refractivity contribution in [1.29, 1.82) is 0 Å². The molecule has 1 heterocycles. The zero-order chi connectivity index (χ0) is 17.7. The van der Waals surface area contributed by atoms with Crippen LogP contribution in [0.1, 0.15) is 53.7 Å². The van der Waals surface area contributed by atoms with E-state index < -0.39 is 5.60 Å². The number of nitrogens with one attached hydrogen (secondary N) is 1. The fraction of sp³-hybridized carbons (Fsp3) is 0.400. The number of hydrogen-bond acceptors (Lipinski definition) is 3. The number of nitrogens with zero attached hydrogens (tertiary/aromatic N) is 1. The molecule has 1 saturated carbocycles. The van der Waals surface area contributed by atoms with E-state index in [2.05, 4.69) is 10.3 Å². The molecule has 4 nitrogen and oxygen atoms in total. The van der Waals surface area contributed by atoms with Gasteiger partial charge in [-0.05, 0) is 42.7 Å². The van der Waals surface area contributed by atoms with E-state index >= 15 is 0 Å². The summed E-state index contributed by atoms with van der Waals surface area (Å²) in [6, 6.07) is 11.2. The molecule has 3 rings (SSSR count). The number of halogens is 1. The van der Waals surface area contributed by atoms with Crippen molar-refractivity contribution in [3.8, 4) is 0 Å². The lowest BCUT2D eigenvalue weighted by Gasteiger charge is -2.32. The van der Waals surface area contributed by atoms with E-state index in [9.17, 15) is 9.90 Å². The van der Waals surface area contributed by atoms with Crippen molar-refractivity contribution in [2.45, 2.75) is 44.1 Å². The largest absolute Gasteiger partial charge is 0.388 e. The molecule has 2 N–H and O–H groups in total. The first-order valence-corrected chi connectivity index (χ1v) is 9.12. The molecule has 1 aromatic carbocycles. The molecule has 132 valence electrons. The van der Waals surface area contributed by atoms with Crippen molar-refractivity contribution >= 4 is 17.5 Å². The summed E-state index contributed by atoms with van der Waals surface area (Å²) in [5.74, 6) is -0.244. The van der Waals surface area contributed by atoms with Gasteiger partial charge in [0.05, 0.1) is 16.2 Å². The fourth-order valence-corrected chi connectivity index (χ4v) is 3.50. The number of amides is 1. The summed E-state index contributed by atoms with van der Waals surface area (Å²) in [4.78, 5) is 16.8. The molecule has 0 aliphatic heterocycles. The number of aliphatic hydroxyl groups is 1. The Morgan fingerprint density at radius 1 is 1.20 bits per heavy atom. The third-order valence-electron chi connectivity index (χ3n) is 4.75. The molecule has 1 aliphatic carbocycles. The van der Waals surface area contributed by atoms with Crippen molar-refractivity contribution in [3.63, 3.8) is 0 Å². The van der Waals surface area contributed by atoms with Gasteiger partial charge in [0.15, 0.2) is 0 Å². The minimum Gasteiger partial charge on any atom is -0.388 e. The zero-order valence-electron chi connectivity index (χ0n) is 14.2. The normalized spacial score (nSPS) is 16.4. The van der Waals surface area contributed by atoms with Crippen LogP contribution in [0, 0.1) is 0 Å². The van der Waals surface area contributed by atoms with Crippen LogP contribution in [0.25, 0.3) is 0 Å². The van der Waals surface area contributed by atoms with E-state index in [1.165, 1.54) is 0 Å². The highest BCUT2D eigenvalue weighted by molar-refractivity contribution is 6.33. The Morgan fingerprint density at radius 3 is 2.72 bits per heavy atom. The lowest BCUT2D eigenvalue weighted by Crippen LogP contribution is -2.44. The monoisotopic (exact) mass is 358 g/mol. The van der Waals surface area contributed by atoms with Crippen LogP contribution in [-0.2, 0) is 6.42 Å². The second kappa shape index (κ2) is 7.98. The Morgan fingerprint density at radius 2 is 2.00 bits per heavy atom. The summed E-state index contributed by atoms with van der Waals surface area (Å²) in [6.45, 7) is 0.270. The predicted molar refractivity (Wildman–Crippen MR) is 98.9 cm³/mol. The van der Waals surface area contributed by atoms with Gasteiger partial charge in [0.2, 0.25) is 0 Å². The molecule has 2 aromatic rings. The van der Waals surface area contributed by atoms with Crippen LogP contribution in [0.3, 0.4) is 0 Å². The smallest absolute Gasteiger partial charge is 0.252 e. The molecule has 0 atom stereocenters. The molecule has 1 aliphatic rings. The number of aromatic nitrogens is 1. The molecule has 0 bridgehead atoms. The van der Waals surface area contributed by atoms with E-state index in [1.54, 1.807) is 18.3 Å². The maximum Gasteiger partial charge on any atom is 0.252 e. The molecule has 5 heteroatoms. The summed E-state index contributed by atoms with van der Waals surface area (Å²) in [7, 11) is 0. The molecular weight excluding hydrogens is 336 g/mol. The van der Waals surface area contributed by atoms with Crippen LogP contribution in [0.15, 0.2) is 42.6 Å². The Labute approximate surface area is 153 Å². The summed E-state index contributed by atoms with van der Waals surface area (Å²) in [5.41, 5.74) is 1.57. The van der Waals surface area contributed by atoms with Gasteiger partial charge < -0.3 is 10.4 Å². The molecule has 0 unspecified atom stereocenters. The van der Waals surface area contributed by atoms with Crippen molar-refractivity contribution in [1.82, 2.24) is 10.3 Å². The van der Waals surface area contributed by atoms with Gasteiger partial charge in [-0.25, -0.2) is 0 Å². The Balaban J connectivity index is 1.68. The maximum absolute atomic E-state index is 12.5. The number of pyridine rings is 1. The van der Waals surface area contributed by atoms with Crippen LogP contribution in [-0.4, -0.2) is 28.1 Å². The van der Waals surface area contributed by atoms with Gasteiger partial charge in [-0.1, -0.05) is 43.0 Å². The third-order valence-corrected chi connectivity index (χ3v) is 5.08. The highest BCUT2D eigenvalue weighted by Crippen LogP contribution is 2.27. The summed E-state index contributed by atoms with van der Waals surface area (Å²) < 4.78 is 0. The lowest BCUT2D eigenvalue weighted by atomic mass is 9.85. The second-order valence-electron chi connectivity index (χ2n) is 6.78. The van der Waals surface area contributed by atoms with Gasteiger partial charge in [0, 0.05) is 24.9 Å². The first kappa shape index (κ1) is 17.9. The van der Waals surface area contributed by atoms with Crippen LogP contribution < -0.4 is 5.32 Å². The molecule has 0 radical (unpaired) electrons. The molecule has 25 heavy (non-hydrogen) atoms. The molecular formula is C20H23ClN2O2. The standard InChI is InChI=1S/C20H23ClN2O2/c21-18-8-7-15(12-16-6-2-5-11-22-16)13-17(18)19(24)23-14-20(25)9-3-1-4-10-20/h2,5-8,11,13,25H,1,3-4,9-10,12,14H2,(H,23,24). The Bertz CT molecular complexity index is 728. The highest BCUT2D eigenvalue weighted by Gasteiger charge is 2.29. The average Bonchev–Trinajstić information content (AvgIpc) is 2.63. The van der Waals surface area contributed by atoms with Crippen molar-refractivity contribution < 1.29 is 9.90 Å². The summed E-state index contributed by atoms with van der Waals surface area (Å²) >= 11 is 6.21. The molecule has 1 fully saturated rings. The second-order valence-corrected chi connectivity index (χ2v) is 7.19. The number of hydrogen-bond donors (Lipinski definition) is 2. The minimum absolute atomic E-state index is 0.244. The van der Waals surface area contributed by atoms with Crippen LogP contribution in [0.2, 0.25) is 5.02 Å². The average molecular weight is 359 g/mol. The zero-order valence-corrected chi connectivity index (χ0v) is 14.9. The van der Waals surface area contributed by atoms with Crippen molar-refractivity contribution in [3.05, 3.63) is 64.4 Å². The fourth-order valence-electron chi connectivity index (χ4n) is 3.29. The molecule has 1 aromatic heterocycles. The van der Waals surface area contributed by atoms with Crippen LogP contribution in [0.5, 0.6) is 0 Å². The number of carbonyl (C=O) groups excluding carboxylic acids is 1. The third kappa shape index (κ3) is 4.80. The lowest BCUT2D eigenvalue weighted by molar-refractivity contribution is 0.00526. The highest BCUT2D eigenvalue weighted by atomic mass is 35.5. The molecule has 1 amide bonds. The number of benzene rings is 1. The van der Waals surface area contributed by atoms with Gasteiger partial charge in [-0.15, -0.1) is 0 Å². The summed E-state index contributed by atoms with van der Waals surface area (Å²) in [5, 5.41) is 13.8. The quantitative estimate of drug-likeness (QED) is 0.855. The summed E-state index contributed by atoms with van der Waals surface area (Å²) in [6.07, 6.45) is 7.03. The van der Waals surface area contributed by atoms with E-state index in [0.717, 1.165) is 43.4 Å². The molecule has 0 spiro atoms. The van der Waals surface area contributed by atoms with Crippen LogP contribution >= 0.6 is 11.6 Å². The van der Waals surface area contributed by atoms with Crippen molar-refractivity contribution in [2.75, 3.05) is 6.54 Å². The van der Waals surface area contributed by atoms with Crippen LogP contribution in [0.4, 0.5) is 0 Å². The minimum atomic E-state index is -0.786. The van der Waals surface area contributed by atoms with Gasteiger partial charge in [0.25, 0.3) is 5.91 Å². The van der Waals surface area contributed by atoms with E-state index in [1.807, 2.05) is 24.3 Å². The first-order chi connectivity index (χ1) is 12.1. The predicted octanol–water partition coefficient (Wildman–Crippen LogP) is 3.75. The van der Waals surface area contributed by atoms with E-state index in [-0.39, 0.29) is 12.5 Å². The van der Waals surface area contributed by atoms with E-state index in [0.29, 0.717) is 17.0 Å². The maximum atomic E-state index is 12.5. The molecule has 0 saturated heterocycles. The van der Waals surface area contributed by atoms with Gasteiger partial charge in [0.1, 0.15) is 0 Å².